The molecule has 0 aliphatic rings. The molecule has 0 fully saturated rings. The number of carbonyl (C=O) groups excluding carboxylic acids is 1. The van der Waals surface area contributed by atoms with Crippen molar-refractivity contribution in [3.63, 3.8) is 0 Å². The Bertz CT molecular complexity index is 285. The summed E-state index contributed by atoms with van der Waals surface area (Å²) in [6.45, 7) is 2.76. The maximum Gasteiger partial charge on any atom is 0.167 e. The fraction of sp³-hybridized carbons (Fsp3) is 0.455. The Labute approximate surface area is 84.6 Å². The second-order valence-electron chi connectivity index (χ2n) is 3.26. The number of hydrogen-bond donors (Lipinski definition) is 1. The number of rotatable bonds is 5. The molecule has 1 N–H and O–H groups in total. The Morgan fingerprint density at radius 1 is 1.50 bits per heavy atom. The third kappa shape index (κ3) is 2.64. The molecule has 1 rings (SSSR count). The van der Waals surface area contributed by atoms with Crippen LogP contribution in [-0.2, 0) is 0 Å². The maximum absolute atomic E-state index is 11.9. The van der Waals surface area contributed by atoms with Crippen LogP contribution < -0.4 is 5.32 Å². The zero-order valence-corrected chi connectivity index (χ0v) is 8.66. The minimum atomic E-state index is 0.0717. The third-order valence-electron chi connectivity index (χ3n) is 2.28. The van der Waals surface area contributed by atoms with Crippen LogP contribution in [0.5, 0.6) is 0 Å². The molecular weight excluding hydrogens is 176 g/mol. The normalized spacial score (nSPS) is 12.4. The molecule has 0 aliphatic carbocycles. The van der Waals surface area contributed by atoms with Crippen molar-refractivity contribution < 1.29 is 4.79 Å². The highest BCUT2D eigenvalue weighted by Crippen LogP contribution is 2.10. The number of ketones is 1. The average molecular weight is 192 g/mol. The molecule has 0 aliphatic heterocycles. The largest absolute Gasteiger partial charge is 0.319 e. The number of nitrogens with one attached hydrogen (secondary N) is 1. The van der Waals surface area contributed by atoms with Crippen molar-refractivity contribution in [3.05, 3.63) is 30.1 Å². The van der Waals surface area contributed by atoms with Gasteiger partial charge in [0.2, 0.25) is 0 Å². The van der Waals surface area contributed by atoms with E-state index in [-0.39, 0.29) is 11.7 Å². The van der Waals surface area contributed by atoms with Gasteiger partial charge in [0.05, 0.1) is 0 Å². The predicted molar refractivity (Wildman–Crippen MR) is 56.3 cm³/mol. The van der Waals surface area contributed by atoms with Crippen LogP contribution in [0.4, 0.5) is 0 Å². The first-order chi connectivity index (χ1) is 6.79. The summed E-state index contributed by atoms with van der Waals surface area (Å²) in [6.07, 6.45) is 4.17. The van der Waals surface area contributed by atoms with Gasteiger partial charge < -0.3 is 5.32 Å². The van der Waals surface area contributed by atoms with Gasteiger partial charge in [0.15, 0.2) is 5.78 Å². The highest BCUT2D eigenvalue weighted by Gasteiger charge is 2.16. The van der Waals surface area contributed by atoms with Crippen LogP contribution in [0.15, 0.2) is 24.5 Å². The molecule has 1 aromatic heterocycles. The quantitative estimate of drug-likeness (QED) is 0.719. The van der Waals surface area contributed by atoms with Crippen LogP contribution in [0, 0.1) is 5.92 Å². The van der Waals surface area contributed by atoms with E-state index in [0.29, 0.717) is 0 Å². The van der Waals surface area contributed by atoms with E-state index in [1.165, 1.54) is 0 Å². The molecule has 0 bridgehead atoms. The first-order valence-corrected chi connectivity index (χ1v) is 4.88. The summed E-state index contributed by atoms with van der Waals surface area (Å²) in [5, 5.41) is 3.03. The van der Waals surface area contributed by atoms with Crippen molar-refractivity contribution >= 4 is 5.78 Å². The van der Waals surface area contributed by atoms with Gasteiger partial charge in [0.1, 0.15) is 0 Å². The molecular formula is C11H16N2O. The molecule has 3 nitrogen and oxygen atoms in total. The molecule has 0 saturated heterocycles. The molecule has 1 unspecified atom stereocenters. The van der Waals surface area contributed by atoms with E-state index >= 15 is 0 Å². The molecule has 1 atom stereocenters. The lowest BCUT2D eigenvalue weighted by Crippen LogP contribution is -2.25. The van der Waals surface area contributed by atoms with Crippen LogP contribution in [0.1, 0.15) is 23.7 Å². The monoisotopic (exact) mass is 192 g/mol. The van der Waals surface area contributed by atoms with Crippen LogP contribution >= 0.6 is 0 Å². The number of nitrogens with zero attached hydrogens (tertiary/aromatic N) is 1. The highest BCUT2D eigenvalue weighted by atomic mass is 16.1. The molecule has 1 heterocycles. The Morgan fingerprint density at radius 2 is 2.14 bits per heavy atom. The van der Waals surface area contributed by atoms with E-state index in [9.17, 15) is 4.79 Å². The first-order valence-electron chi connectivity index (χ1n) is 4.88. The van der Waals surface area contributed by atoms with Crippen molar-refractivity contribution in [2.75, 3.05) is 13.6 Å². The van der Waals surface area contributed by atoms with E-state index in [2.05, 4.69) is 10.3 Å². The highest BCUT2D eigenvalue weighted by molar-refractivity contribution is 5.97. The molecule has 76 valence electrons. The molecule has 1 aromatic rings. The lowest BCUT2D eigenvalue weighted by atomic mass is 9.96. The van der Waals surface area contributed by atoms with Gasteiger partial charge in [-0.1, -0.05) is 6.92 Å². The van der Waals surface area contributed by atoms with Gasteiger partial charge in [0.25, 0.3) is 0 Å². The van der Waals surface area contributed by atoms with Crippen LogP contribution in [0.3, 0.4) is 0 Å². The summed E-state index contributed by atoms with van der Waals surface area (Å²) >= 11 is 0. The summed E-state index contributed by atoms with van der Waals surface area (Å²) in [7, 11) is 1.86. The standard InChI is InChI=1S/C11H16N2O/c1-3-9(8-12-2)11(14)10-4-6-13-7-5-10/h4-7,9,12H,3,8H2,1-2H3. The molecule has 14 heavy (non-hydrogen) atoms. The summed E-state index contributed by atoms with van der Waals surface area (Å²) in [5.74, 6) is 0.270. The van der Waals surface area contributed by atoms with Crippen molar-refractivity contribution in [2.45, 2.75) is 13.3 Å². The van der Waals surface area contributed by atoms with Crippen molar-refractivity contribution in [1.82, 2.24) is 10.3 Å². The number of carbonyl (C=O) groups is 1. The Morgan fingerprint density at radius 3 is 2.64 bits per heavy atom. The lowest BCUT2D eigenvalue weighted by Gasteiger charge is -2.12. The van der Waals surface area contributed by atoms with Gasteiger partial charge in [-0.25, -0.2) is 0 Å². The molecule has 0 aromatic carbocycles. The van der Waals surface area contributed by atoms with E-state index < -0.39 is 0 Å². The Hall–Kier alpha value is -1.22. The van der Waals surface area contributed by atoms with Crippen molar-refractivity contribution in [2.24, 2.45) is 5.92 Å². The van der Waals surface area contributed by atoms with Gasteiger partial charge >= 0.3 is 0 Å². The fourth-order valence-electron chi connectivity index (χ4n) is 1.42. The number of Topliss-reactive ketones (excluding diaryl/α,β-unsaturated/α-hetero) is 1. The number of pyridine rings is 1. The molecule has 0 radical (unpaired) electrons. The summed E-state index contributed by atoms with van der Waals surface area (Å²) in [6, 6.07) is 3.53. The lowest BCUT2D eigenvalue weighted by molar-refractivity contribution is 0.0916. The molecule has 0 spiro atoms. The van der Waals surface area contributed by atoms with Crippen LogP contribution in [0.2, 0.25) is 0 Å². The van der Waals surface area contributed by atoms with Gasteiger partial charge in [-0.15, -0.1) is 0 Å². The smallest absolute Gasteiger partial charge is 0.167 e. The van der Waals surface area contributed by atoms with Crippen LogP contribution in [-0.4, -0.2) is 24.4 Å². The topological polar surface area (TPSA) is 42.0 Å². The Kier molecular flexibility index (Phi) is 4.26. The number of hydrogen-bond acceptors (Lipinski definition) is 3. The number of aromatic nitrogens is 1. The SMILES string of the molecule is CCC(CNC)C(=O)c1ccncc1. The maximum atomic E-state index is 11.9. The first kappa shape index (κ1) is 10.9. The van der Waals surface area contributed by atoms with Gasteiger partial charge in [-0.3, -0.25) is 9.78 Å². The van der Waals surface area contributed by atoms with Crippen molar-refractivity contribution in [1.29, 1.82) is 0 Å². The van der Waals surface area contributed by atoms with Gasteiger partial charge in [-0.2, -0.15) is 0 Å². The van der Waals surface area contributed by atoms with Gasteiger partial charge in [0, 0.05) is 30.4 Å². The van der Waals surface area contributed by atoms with E-state index in [4.69, 9.17) is 0 Å². The fourth-order valence-corrected chi connectivity index (χ4v) is 1.42. The van der Waals surface area contributed by atoms with Crippen molar-refractivity contribution in [3.8, 4) is 0 Å². The van der Waals surface area contributed by atoms with E-state index in [0.717, 1.165) is 18.5 Å². The minimum absolute atomic E-state index is 0.0717. The Balaban J connectivity index is 2.73. The predicted octanol–water partition coefficient (Wildman–Crippen LogP) is 1.51. The zero-order valence-electron chi connectivity index (χ0n) is 8.66. The molecule has 0 saturated carbocycles. The summed E-state index contributed by atoms with van der Waals surface area (Å²) < 4.78 is 0. The molecule has 0 amide bonds. The average Bonchev–Trinajstić information content (AvgIpc) is 2.26. The second-order valence-corrected chi connectivity index (χ2v) is 3.26. The van der Waals surface area contributed by atoms with Gasteiger partial charge in [-0.05, 0) is 25.6 Å². The van der Waals surface area contributed by atoms with Crippen LogP contribution in [0.25, 0.3) is 0 Å². The van der Waals surface area contributed by atoms with E-state index in [1.807, 2.05) is 14.0 Å². The third-order valence-corrected chi connectivity index (χ3v) is 2.28. The summed E-state index contributed by atoms with van der Waals surface area (Å²) in [4.78, 5) is 15.8. The minimum Gasteiger partial charge on any atom is -0.319 e. The molecule has 3 heteroatoms. The summed E-state index contributed by atoms with van der Waals surface area (Å²) in [5.41, 5.74) is 0.752. The van der Waals surface area contributed by atoms with E-state index in [1.54, 1.807) is 24.5 Å². The second kappa shape index (κ2) is 5.50. The zero-order chi connectivity index (χ0) is 10.4.